The smallest absolute Gasteiger partial charge is 0.122 e. The Bertz CT molecular complexity index is 360. The van der Waals surface area contributed by atoms with Crippen molar-refractivity contribution >= 4 is 27.5 Å². The summed E-state index contributed by atoms with van der Waals surface area (Å²) >= 11 is 9.34. The number of benzene rings is 1. The van der Waals surface area contributed by atoms with E-state index in [1.165, 1.54) is 0 Å². The molecule has 0 spiro atoms. The lowest BCUT2D eigenvalue weighted by atomic mass is 10.1. The molecule has 0 radical (unpaired) electrons. The third-order valence-electron chi connectivity index (χ3n) is 1.81. The number of hydrogen-bond donors (Lipinski definition) is 1. The second-order valence-corrected chi connectivity index (χ2v) is 4.11. The van der Waals surface area contributed by atoms with Crippen LogP contribution in [0.15, 0.2) is 22.7 Å². The molecule has 0 amide bonds. The number of nitrogens with zero attached hydrogens (tertiary/aromatic N) is 1. The highest BCUT2D eigenvalue weighted by molar-refractivity contribution is 9.10. The summed E-state index contributed by atoms with van der Waals surface area (Å²) in [5.74, 6) is 0. The van der Waals surface area contributed by atoms with Crippen LogP contribution in [-0.2, 0) is 0 Å². The van der Waals surface area contributed by atoms with E-state index in [0.29, 0.717) is 5.02 Å². The standard InChI is InChI=1S/C10H10BrClN2/c1-2-14-10(6-13)8-5-7(11)3-4-9(8)12/h3-5,10,14H,2H2,1H3. The summed E-state index contributed by atoms with van der Waals surface area (Å²) in [6, 6.07) is 7.32. The molecule has 1 N–H and O–H groups in total. The van der Waals surface area contributed by atoms with Gasteiger partial charge in [-0.1, -0.05) is 34.5 Å². The maximum Gasteiger partial charge on any atom is 0.122 e. The lowest BCUT2D eigenvalue weighted by Gasteiger charge is -2.11. The van der Waals surface area contributed by atoms with Crippen molar-refractivity contribution in [2.24, 2.45) is 0 Å². The number of nitrogens with one attached hydrogen (secondary N) is 1. The molecule has 0 aliphatic heterocycles. The van der Waals surface area contributed by atoms with Crippen LogP contribution in [0, 0.1) is 11.3 Å². The molecule has 0 bridgehead atoms. The minimum atomic E-state index is -0.343. The lowest BCUT2D eigenvalue weighted by molar-refractivity contribution is 0.658. The summed E-state index contributed by atoms with van der Waals surface area (Å²) in [6.45, 7) is 2.69. The molecule has 0 aliphatic rings. The topological polar surface area (TPSA) is 35.8 Å². The number of halogens is 2. The third-order valence-corrected chi connectivity index (χ3v) is 2.64. The highest BCUT2D eigenvalue weighted by Crippen LogP contribution is 2.26. The minimum absolute atomic E-state index is 0.343. The molecule has 1 aromatic rings. The van der Waals surface area contributed by atoms with Crippen molar-refractivity contribution in [2.45, 2.75) is 13.0 Å². The zero-order chi connectivity index (χ0) is 10.6. The van der Waals surface area contributed by atoms with Crippen LogP contribution in [0.3, 0.4) is 0 Å². The lowest BCUT2D eigenvalue weighted by Crippen LogP contribution is -2.19. The van der Waals surface area contributed by atoms with Crippen molar-refractivity contribution in [2.75, 3.05) is 6.54 Å². The van der Waals surface area contributed by atoms with E-state index in [-0.39, 0.29) is 6.04 Å². The number of rotatable bonds is 3. The summed E-state index contributed by atoms with van der Waals surface area (Å²) in [7, 11) is 0. The second kappa shape index (κ2) is 5.35. The van der Waals surface area contributed by atoms with Gasteiger partial charge in [-0.3, -0.25) is 5.32 Å². The van der Waals surface area contributed by atoms with Crippen LogP contribution in [0.25, 0.3) is 0 Å². The minimum Gasteiger partial charge on any atom is -0.298 e. The fourth-order valence-corrected chi connectivity index (χ4v) is 1.77. The Labute approximate surface area is 97.0 Å². The van der Waals surface area contributed by atoms with Crippen LogP contribution in [0.1, 0.15) is 18.5 Å². The first-order valence-electron chi connectivity index (χ1n) is 4.27. The van der Waals surface area contributed by atoms with Crippen LogP contribution >= 0.6 is 27.5 Å². The van der Waals surface area contributed by atoms with Gasteiger partial charge in [0, 0.05) is 15.1 Å². The predicted octanol–water partition coefficient (Wildman–Crippen LogP) is 3.28. The van der Waals surface area contributed by atoms with E-state index in [9.17, 15) is 0 Å². The Balaban J connectivity index is 3.03. The average molecular weight is 274 g/mol. The molecule has 0 saturated heterocycles. The van der Waals surface area contributed by atoms with Gasteiger partial charge in [-0.05, 0) is 24.7 Å². The van der Waals surface area contributed by atoms with Crippen molar-refractivity contribution in [3.05, 3.63) is 33.3 Å². The molecular formula is C10H10BrClN2. The normalized spacial score (nSPS) is 12.1. The van der Waals surface area contributed by atoms with Gasteiger partial charge in [0.1, 0.15) is 6.04 Å². The van der Waals surface area contributed by atoms with Crippen molar-refractivity contribution in [1.29, 1.82) is 5.26 Å². The largest absolute Gasteiger partial charge is 0.298 e. The number of nitriles is 1. The Morgan fingerprint density at radius 2 is 2.36 bits per heavy atom. The first-order chi connectivity index (χ1) is 6.69. The molecule has 2 nitrogen and oxygen atoms in total. The van der Waals surface area contributed by atoms with Gasteiger partial charge in [0.15, 0.2) is 0 Å². The predicted molar refractivity (Wildman–Crippen MR) is 61.2 cm³/mol. The summed E-state index contributed by atoms with van der Waals surface area (Å²) in [4.78, 5) is 0. The Hall–Kier alpha value is -0.560. The zero-order valence-electron chi connectivity index (χ0n) is 7.72. The highest BCUT2D eigenvalue weighted by atomic mass is 79.9. The van der Waals surface area contributed by atoms with Crippen molar-refractivity contribution < 1.29 is 0 Å². The van der Waals surface area contributed by atoms with Crippen LogP contribution in [0.4, 0.5) is 0 Å². The van der Waals surface area contributed by atoms with Gasteiger partial charge < -0.3 is 0 Å². The monoisotopic (exact) mass is 272 g/mol. The van der Waals surface area contributed by atoms with Crippen LogP contribution in [0.5, 0.6) is 0 Å². The molecule has 1 unspecified atom stereocenters. The summed E-state index contributed by atoms with van der Waals surface area (Å²) in [5, 5.41) is 12.6. The van der Waals surface area contributed by atoms with Gasteiger partial charge in [0.2, 0.25) is 0 Å². The molecule has 0 saturated carbocycles. The molecule has 0 aliphatic carbocycles. The first-order valence-corrected chi connectivity index (χ1v) is 5.44. The summed E-state index contributed by atoms with van der Waals surface area (Å²) < 4.78 is 0.926. The van der Waals surface area contributed by atoms with Crippen molar-refractivity contribution in [3.63, 3.8) is 0 Å². The Morgan fingerprint density at radius 3 is 2.93 bits per heavy atom. The fraction of sp³-hybridized carbons (Fsp3) is 0.300. The maximum absolute atomic E-state index is 8.94. The van der Waals surface area contributed by atoms with Crippen LogP contribution in [0.2, 0.25) is 5.02 Å². The molecule has 0 aromatic heterocycles. The molecule has 4 heteroatoms. The van der Waals surface area contributed by atoms with E-state index >= 15 is 0 Å². The number of hydrogen-bond acceptors (Lipinski definition) is 2. The van der Waals surface area contributed by atoms with Crippen LogP contribution < -0.4 is 5.32 Å². The first kappa shape index (κ1) is 11.5. The third kappa shape index (κ3) is 2.71. The highest BCUT2D eigenvalue weighted by Gasteiger charge is 2.12. The maximum atomic E-state index is 8.94. The zero-order valence-corrected chi connectivity index (χ0v) is 10.1. The van der Waals surface area contributed by atoms with Gasteiger partial charge in [-0.25, -0.2) is 0 Å². The van der Waals surface area contributed by atoms with E-state index < -0.39 is 0 Å². The van der Waals surface area contributed by atoms with E-state index in [4.69, 9.17) is 16.9 Å². The van der Waals surface area contributed by atoms with Crippen molar-refractivity contribution in [3.8, 4) is 6.07 Å². The van der Waals surface area contributed by atoms with Gasteiger partial charge >= 0.3 is 0 Å². The van der Waals surface area contributed by atoms with Gasteiger partial charge in [0.25, 0.3) is 0 Å². The Kier molecular flexibility index (Phi) is 4.40. The molecule has 1 aromatic carbocycles. The molecule has 14 heavy (non-hydrogen) atoms. The van der Waals surface area contributed by atoms with Gasteiger partial charge in [-0.15, -0.1) is 0 Å². The van der Waals surface area contributed by atoms with Gasteiger partial charge in [0.05, 0.1) is 6.07 Å². The molecule has 0 fully saturated rings. The summed E-state index contributed by atoms with van der Waals surface area (Å²) in [5.41, 5.74) is 0.811. The molecular weight excluding hydrogens is 263 g/mol. The van der Waals surface area contributed by atoms with Crippen LogP contribution in [-0.4, -0.2) is 6.54 Å². The molecule has 74 valence electrons. The molecule has 1 rings (SSSR count). The van der Waals surface area contributed by atoms with E-state index in [0.717, 1.165) is 16.6 Å². The van der Waals surface area contributed by atoms with Crippen molar-refractivity contribution in [1.82, 2.24) is 5.32 Å². The second-order valence-electron chi connectivity index (χ2n) is 2.79. The fourth-order valence-electron chi connectivity index (χ4n) is 1.17. The van der Waals surface area contributed by atoms with E-state index in [1.807, 2.05) is 19.1 Å². The SMILES string of the molecule is CCNC(C#N)c1cc(Br)ccc1Cl. The Morgan fingerprint density at radius 1 is 1.64 bits per heavy atom. The van der Waals surface area contributed by atoms with E-state index in [2.05, 4.69) is 27.3 Å². The quantitative estimate of drug-likeness (QED) is 0.917. The molecule has 0 heterocycles. The van der Waals surface area contributed by atoms with E-state index in [1.54, 1.807) is 6.07 Å². The summed E-state index contributed by atoms with van der Waals surface area (Å²) in [6.07, 6.45) is 0. The molecule has 1 atom stereocenters. The average Bonchev–Trinajstić information content (AvgIpc) is 2.18. The van der Waals surface area contributed by atoms with Gasteiger partial charge in [-0.2, -0.15) is 5.26 Å².